The zero-order valence-corrected chi connectivity index (χ0v) is 10.1. The molecule has 3 N–H and O–H groups in total. The number of carbonyl (C=O) groups is 1. The minimum atomic E-state index is -0.870. The van der Waals surface area contributed by atoms with Gasteiger partial charge in [0.15, 0.2) is 0 Å². The van der Waals surface area contributed by atoms with E-state index in [4.69, 9.17) is 9.84 Å². The van der Waals surface area contributed by atoms with Crippen LogP contribution in [0.1, 0.15) is 6.92 Å². The second kappa shape index (κ2) is 6.75. The van der Waals surface area contributed by atoms with Crippen molar-refractivity contribution in [2.75, 3.05) is 25.5 Å². The molecule has 0 aromatic heterocycles. The molecule has 0 heterocycles. The fourth-order valence-corrected chi connectivity index (χ4v) is 1.37. The van der Waals surface area contributed by atoms with Crippen molar-refractivity contribution >= 4 is 11.7 Å². The molecular weight excluding hydrogens is 220 g/mol. The Balaban J connectivity index is 2.49. The second-order valence-corrected chi connectivity index (χ2v) is 3.52. The summed E-state index contributed by atoms with van der Waals surface area (Å²) < 4.78 is 5.31. The molecule has 0 spiro atoms. The molecule has 0 aliphatic rings. The third kappa shape index (κ3) is 4.32. The van der Waals surface area contributed by atoms with Crippen LogP contribution < -0.4 is 15.4 Å². The Hall–Kier alpha value is -1.75. The Kier molecular flexibility index (Phi) is 5.29. The summed E-state index contributed by atoms with van der Waals surface area (Å²) in [4.78, 5) is 10.8. The largest absolute Gasteiger partial charge is 0.494 e. The average Bonchev–Trinajstić information content (AvgIpc) is 2.32. The van der Waals surface area contributed by atoms with E-state index in [1.165, 1.54) is 0 Å². The van der Waals surface area contributed by atoms with Gasteiger partial charge in [-0.15, -0.1) is 0 Å². The topological polar surface area (TPSA) is 70.6 Å². The maximum atomic E-state index is 10.8. The monoisotopic (exact) mass is 238 g/mol. The highest BCUT2D eigenvalue weighted by molar-refractivity contribution is 5.74. The molecule has 94 valence electrons. The number of carboxylic acid groups (broad SMARTS) is 1. The van der Waals surface area contributed by atoms with Crippen LogP contribution in [0.15, 0.2) is 24.3 Å². The van der Waals surface area contributed by atoms with E-state index in [9.17, 15) is 4.79 Å². The number of ether oxygens (including phenoxy) is 1. The van der Waals surface area contributed by atoms with Gasteiger partial charge in [-0.05, 0) is 38.2 Å². The van der Waals surface area contributed by atoms with Gasteiger partial charge in [-0.2, -0.15) is 0 Å². The van der Waals surface area contributed by atoms with Crippen molar-refractivity contribution < 1.29 is 14.6 Å². The van der Waals surface area contributed by atoms with Gasteiger partial charge in [-0.25, -0.2) is 0 Å². The van der Waals surface area contributed by atoms with Crippen LogP contribution in [0.3, 0.4) is 0 Å². The van der Waals surface area contributed by atoms with Crippen molar-refractivity contribution in [3.8, 4) is 5.75 Å². The summed E-state index contributed by atoms with van der Waals surface area (Å²) in [5, 5.41) is 14.6. The van der Waals surface area contributed by atoms with Crippen LogP contribution in [0, 0.1) is 0 Å². The van der Waals surface area contributed by atoms with Crippen molar-refractivity contribution in [1.29, 1.82) is 0 Å². The minimum Gasteiger partial charge on any atom is -0.494 e. The van der Waals surface area contributed by atoms with Gasteiger partial charge < -0.3 is 20.5 Å². The Morgan fingerprint density at radius 3 is 2.53 bits per heavy atom. The third-order valence-corrected chi connectivity index (χ3v) is 2.32. The van der Waals surface area contributed by atoms with E-state index < -0.39 is 12.0 Å². The Bertz CT molecular complexity index is 351. The molecule has 1 rings (SSSR count). The summed E-state index contributed by atoms with van der Waals surface area (Å²) in [5.41, 5.74) is 0.870. The van der Waals surface area contributed by atoms with Crippen LogP contribution in [0.25, 0.3) is 0 Å². The molecule has 17 heavy (non-hydrogen) atoms. The lowest BCUT2D eigenvalue weighted by Crippen LogP contribution is -2.39. The fourth-order valence-electron chi connectivity index (χ4n) is 1.37. The molecule has 0 bridgehead atoms. The van der Waals surface area contributed by atoms with Gasteiger partial charge in [0.05, 0.1) is 6.61 Å². The second-order valence-electron chi connectivity index (χ2n) is 3.52. The van der Waals surface area contributed by atoms with Crippen molar-refractivity contribution in [1.82, 2.24) is 5.32 Å². The first-order valence-corrected chi connectivity index (χ1v) is 5.54. The number of anilines is 1. The Morgan fingerprint density at radius 1 is 1.41 bits per heavy atom. The van der Waals surface area contributed by atoms with E-state index in [-0.39, 0.29) is 0 Å². The molecule has 5 nitrogen and oxygen atoms in total. The van der Waals surface area contributed by atoms with Crippen molar-refractivity contribution in [3.63, 3.8) is 0 Å². The molecule has 0 fully saturated rings. The van der Waals surface area contributed by atoms with E-state index in [0.717, 1.165) is 11.4 Å². The molecule has 0 aliphatic carbocycles. The molecule has 1 atom stereocenters. The molecule has 0 amide bonds. The molecule has 0 aliphatic heterocycles. The number of benzene rings is 1. The highest BCUT2D eigenvalue weighted by Crippen LogP contribution is 2.15. The summed E-state index contributed by atoms with van der Waals surface area (Å²) in [6.45, 7) is 2.89. The summed E-state index contributed by atoms with van der Waals surface area (Å²) in [7, 11) is 1.62. The van der Waals surface area contributed by atoms with Gasteiger partial charge in [-0.1, -0.05) is 0 Å². The smallest absolute Gasteiger partial charge is 0.322 e. The predicted octanol–water partition coefficient (Wildman–Crippen LogP) is 1.17. The summed E-state index contributed by atoms with van der Waals surface area (Å²) >= 11 is 0. The lowest BCUT2D eigenvalue weighted by molar-refractivity contribution is -0.138. The fraction of sp³-hybridized carbons (Fsp3) is 0.417. The van der Waals surface area contributed by atoms with Crippen LogP contribution in [0.5, 0.6) is 5.75 Å². The number of likely N-dealkylation sites (N-methyl/N-ethyl adjacent to an activating group) is 1. The standard InChI is InChI=1S/C12H18N2O3/c1-3-17-10-6-4-9(5-7-10)14-8-11(13-2)12(15)16/h4-7,11,13-14H,3,8H2,1-2H3,(H,15,16). The zero-order chi connectivity index (χ0) is 12.7. The quantitative estimate of drug-likeness (QED) is 0.665. The van der Waals surface area contributed by atoms with Crippen LogP contribution >= 0.6 is 0 Å². The van der Waals surface area contributed by atoms with E-state index in [0.29, 0.717) is 13.2 Å². The minimum absolute atomic E-state index is 0.333. The molecular formula is C12H18N2O3. The van der Waals surface area contributed by atoms with Gasteiger partial charge >= 0.3 is 5.97 Å². The third-order valence-electron chi connectivity index (χ3n) is 2.32. The summed E-state index contributed by atoms with van der Waals surface area (Å²) in [6, 6.07) is 6.82. The summed E-state index contributed by atoms with van der Waals surface area (Å²) in [5.74, 6) is -0.0626. The van der Waals surface area contributed by atoms with Gasteiger partial charge in [0.2, 0.25) is 0 Å². The lowest BCUT2D eigenvalue weighted by atomic mass is 10.2. The number of aliphatic carboxylic acids is 1. The van der Waals surface area contributed by atoms with Crippen molar-refractivity contribution in [2.24, 2.45) is 0 Å². The molecule has 1 unspecified atom stereocenters. The number of nitrogens with one attached hydrogen (secondary N) is 2. The SMILES string of the molecule is CCOc1ccc(NCC(NC)C(=O)O)cc1. The van der Waals surface area contributed by atoms with Crippen LogP contribution in [0.4, 0.5) is 5.69 Å². The first kappa shape index (κ1) is 13.3. The maximum Gasteiger partial charge on any atom is 0.322 e. The van der Waals surface area contributed by atoms with Crippen molar-refractivity contribution in [2.45, 2.75) is 13.0 Å². The van der Waals surface area contributed by atoms with E-state index in [1.54, 1.807) is 7.05 Å². The zero-order valence-electron chi connectivity index (χ0n) is 10.1. The summed E-state index contributed by atoms with van der Waals surface area (Å²) in [6.07, 6.45) is 0. The Morgan fingerprint density at radius 2 is 2.06 bits per heavy atom. The molecule has 0 saturated heterocycles. The van der Waals surface area contributed by atoms with E-state index in [1.807, 2.05) is 31.2 Å². The van der Waals surface area contributed by atoms with Gasteiger partial charge in [0, 0.05) is 12.2 Å². The highest BCUT2D eigenvalue weighted by Gasteiger charge is 2.13. The molecule has 1 aromatic carbocycles. The molecule has 5 heteroatoms. The maximum absolute atomic E-state index is 10.8. The van der Waals surface area contributed by atoms with Crippen LogP contribution in [-0.2, 0) is 4.79 Å². The number of carboxylic acids is 1. The average molecular weight is 238 g/mol. The number of rotatable bonds is 7. The van der Waals surface area contributed by atoms with Gasteiger partial charge in [0.1, 0.15) is 11.8 Å². The van der Waals surface area contributed by atoms with Crippen LogP contribution in [0.2, 0.25) is 0 Å². The first-order chi connectivity index (χ1) is 8.17. The molecule has 0 saturated carbocycles. The Labute approximate surface area is 101 Å². The molecule has 0 radical (unpaired) electrons. The predicted molar refractivity (Wildman–Crippen MR) is 66.6 cm³/mol. The number of hydrogen-bond donors (Lipinski definition) is 3. The highest BCUT2D eigenvalue weighted by atomic mass is 16.5. The van der Waals surface area contributed by atoms with Gasteiger partial charge in [0.25, 0.3) is 0 Å². The van der Waals surface area contributed by atoms with Crippen molar-refractivity contribution in [3.05, 3.63) is 24.3 Å². The lowest BCUT2D eigenvalue weighted by Gasteiger charge is -2.13. The molecule has 1 aromatic rings. The van der Waals surface area contributed by atoms with E-state index in [2.05, 4.69) is 10.6 Å². The van der Waals surface area contributed by atoms with E-state index >= 15 is 0 Å². The van der Waals surface area contributed by atoms with Gasteiger partial charge in [-0.3, -0.25) is 4.79 Å². The normalized spacial score (nSPS) is 11.9. The van der Waals surface area contributed by atoms with Crippen LogP contribution in [-0.4, -0.2) is 37.3 Å². The number of hydrogen-bond acceptors (Lipinski definition) is 4. The first-order valence-electron chi connectivity index (χ1n) is 5.54.